The van der Waals surface area contributed by atoms with Crippen molar-refractivity contribution in [1.29, 1.82) is 0 Å². The van der Waals surface area contributed by atoms with Crippen molar-refractivity contribution in [3.8, 4) is 66.8 Å². The zero-order valence-electron chi connectivity index (χ0n) is 34.8. The summed E-state index contributed by atoms with van der Waals surface area (Å²) in [6.07, 6.45) is 0. The Balaban J connectivity index is 1.08. The van der Waals surface area contributed by atoms with Crippen LogP contribution in [0.4, 0.5) is 17.1 Å². The fourth-order valence-corrected chi connectivity index (χ4v) is 9.18. The highest BCUT2D eigenvalue weighted by molar-refractivity contribution is 6.02. The van der Waals surface area contributed by atoms with Gasteiger partial charge < -0.3 is 4.90 Å². The average molecular weight is 802 g/mol. The number of rotatable bonds is 9. The average Bonchev–Trinajstić information content (AvgIpc) is 3.37. The largest absolute Gasteiger partial charge is 0.310 e. The molecule has 0 atom stereocenters. The minimum atomic E-state index is 1.07. The number of hydrogen-bond acceptors (Lipinski definition) is 1. The highest BCUT2D eigenvalue weighted by atomic mass is 15.1. The Kier molecular flexibility index (Phi) is 9.97. The van der Waals surface area contributed by atoms with E-state index < -0.39 is 0 Å². The predicted molar refractivity (Wildman–Crippen MR) is 269 cm³/mol. The van der Waals surface area contributed by atoms with Crippen LogP contribution in [0.2, 0.25) is 0 Å². The molecule has 0 amide bonds. The fourth-order valence-electron chi connectivity index (χ4n) is 9.18. The van der Waals surface area contributed by atoms with E-state index in [0.717, 1.165) is 17.1 Å². The molecular weight excluding hydrogens is 759 g/mol. The minimum absolute atomic E-state index is 1.07. The number of fused-ring (bicyclic) bond motifs is 2. The Morgan fingerprint density at radius 3 is 1.46 bits per heavy atom. The summed E-state index contributed by atoms with van der Waals surface area (Å²) in [6.45, 7) is 0. The van der Waals surface area contributed by atoms with Crippen molar-refractivity contribution in [2.75, 3.05) is 4.90 Å². The molecule has 0 fully saturated rings. The van der Waals surface area contributed by atoms with Gasteiger partial charge >= 0.3 is 0 Å². The Morgan fingerprint density at radius 1 is 0.222 bits per heavy atom. The molecule has 0 aliphatic heterocycles. The number of anilines is 3. The molecule has 0 aliphatic carbocycles. The normalized spacial score (nSPS) is 11.2. The van der Waals surface area contributed by atoms with Gasteiger partial charge in [0.15, 0.2) is 0 Å². The zero-order valence-corrected chi connectivity index (χ0v) is 34.8. The van der Waals surface area contributed by atoms with Crippen molar-refractivity contribution < 1.29 is 0 Å². The standard InChI is InChI=1S/C62H43N/c1-3-17-48(18-4-1)57-27-11-12-28-60(57)62-59(50-19-5-2-6-20-50)30-15-31-61(62)63(55-25-13-24-53(43-55)58-29-14-23-49-21-9-10-26-56(49)58)54-40-38-46(39-41-54)45-32-34-47(35-33-45)52-37-36-44-16-7-8-22-51(44)42-52/h1-43H. The Hall–Kier alpha value is -8.26. The molecular formula is C62H43N. The zero-order chi connectivity index (χ0) is 42.0. The Morgan fingerprint density at radius 2 is 0.714 bits per heavy atom. The first-order chi connectivity index (χ1) is 31.2. The van der Waals surface area contributed by atoms with Crippen molar-refractivity contribution in [3.05, 3.63) is 261 Å². The summed E-state index contributed by atoms with van der Waals surface area (Å²) in [5, 5.41) is 4.98. The first-order valence-electron chi connectivity index (χ1n) is 21.7. The third kappa shape index (κ3) is 7.37. The second-order valence-electron chi connectivity index (χ2n) is 16.1. The van der Waals surface area contributed by atoms with Gasteiger partial charge in [-0.1, -0.05) is 224 Å². The van der Waals surface area contributed by atoms with Crippen molar-refractivity contribution in [1.82, 2.24) is 0 Å². The van der Waals surface area contributed by atoms with Gasteiger partial charge in [-0.2, -0.15) is 0 Å². The third-order valence-electron chi connectivity index (χ3n) is 12.3. The monoisotopic (exact) mass is 801 g/mol. The second kappa shape index (κ2) is 16.7. The molecule has 63 heavy (non-hydrogen) atoms. The van der Waals surface area contributed by atoms with Gasteiger partial charge in [0.25, 0.3) is 0 Å². The lowest BCUT2D eigenvalue weighted by Gasteiger charge is -2.30. The molecule has 0 saturated carbocycles. The summed E-state index contributed by atoms with van der Waals surface area (Å²) < 4.78 is 0. The van der Waals surface area contributed by atoms with Gasteiger partial charge in [0, 0.05) is 16.9 Å². The number of nitrogens with zero attached hydrogens (tertiary/aromatic N) is 1. The van der Waals surface area contributed by atoms with Crippen LogP contribution in [0.3, 0.4) is 0 Å². The molecule has 0 aliphatic rings. The van der Waals surface area contributed by atoms with E-state index in [9.17, 15) is 0 Å². The van der Waals surface area contributed by atoms with Crippen LogP contribution in [-0.4, -0.2) is 0 Å². The molecule has 0 spiro atoms. The van der Waals surface area contributed by atoms with E-state index >= 15 is 0 Å². The maximum atomic E-state index is 2.45. The van der Waals surface area contributed by atoms with E-state index in [-0.39, 0.29) is 0 Å². The minimum Gasteiger partial charge on any atom is -0.310 e. The Labute approximate surface area is 369 Å². The lowest BCUT2D eigenvalue weighted by atomic mass is 9.87. The molecule has 296 valence electrons. The highest BCUT2D eigenvalue weighted by Gasteiger charge is 2.23. The fraction of sp³-hybridized carbons (Fsp3) is 0. The van der Waals surface area contributed by atoms with Gasteiger partial charge in [0.05, 0.1) is 5.69 Å². The summed E-state index contributed by atoms with van der Waals surface area (Å²) in [6, 6.07) is 94.8. The Bertz CT molecular complexity index is 3360. The molecule has 1 nitrogen and oxygen atoms in total. The molecule has 11 aromatic carbocycles. The molecule has 1 heteroatoms. The molecule has 0 unspecified atom stereocenters. The smallest absolute Gasteiger partial charge is 0.0546 e. The topological polar surface area (TPSA) is 3.24 Å². The maximum Gasteiger partial charge on any atom is 0.0546 e. The van der Waals surface area contributed by atoms with Gasteiger partial charge in [-0.15, -0.1) is 0 Å². The molecule has 11 aromatic rings. The van der Waals surface area contributed by atoms with Crippen molar-refractivity contribution >= 4 is 38.6 Å². The molecule has 0 bridgehead atoms. The SMILES string of the molecule is c1ccc(-c2ccccc2-c2c(-c3ccccc3)cccc2N(c2ccc(-c3ccc(-c4ccc5ccccc5c4)cc3)cc2)c2cccc(-c3cccc4ccccc34)c2)cc1. The second-order valence-corrected chi connectivity index (χ2v) is 16.1. The molecule has 0 aromatic heterocycles. The lowest BCUT2D eigenvalue weighted by Crippen LogP contribution is -2.12. The van der Waals surface area contributed by atoms with Crippen LogP contribution >= 0.6 is 0 Å². The summed E-state index contributed by atoms with van der Waals surface area (Å²) in [5.74, 6) is 0. The quantitative estimate of drug-likeness (QED) is 0.141. The van der Waals surface area contributed by atoms with E-state index in [4.69, 9.17) is 0 Å². The summed E-state index contributed by atoms with van der Waals surface area (Å²) in [5.41, 5.74) is 17.5. The van der Waals surface area contributed by atoms with Gasteiger partial charge in [-0.25, -0.2) is 0 Å². The van der Waals surface area contributed by atoms with Gasteiger partial charge in [-0.05, 0) is 119 Å². The molecule has 0 N–H and O–H groups in total. The lowest BCUT2D eigenvalue weighted by molar-refractivity contribution is 1.28. The molecule has 0 radical (unpaired) electrons. The van der Waals surface area contributed by atoms with Crippen LogP contribution in [0.25, 0.3) is 88.3 Å². The summed E-state index contributed by atoms with van der Waals surface area (Å²) >= 11 is 0. The number of hydrogen-bond donors (Lipinski definition) is 0. The molecule has 0 saturated heterocycles. The van der Waals surface area contributed by atoms with E-state index in [2.05, 4.69) is 266 Å². The van der Waals surface area contributed by atoms with Crippen LogP contribution in [0.1, 0.15) is 0 Å². The highest BCUT2D eigenvalue weighted by Crippen LogP contribution is 2.48. The predicted octanol–water partition coefficient (Wildman–Crippen LogP) is 17.5. The summed E-state index contributed by atoms with van der Waals surface area (Å²) in [7, 11) is 0. The van der Waals surface area contributed by atoms with Crippen molar-refractivity contribution in [2.45, 2.75) is 0 Å². The van der Waals surface area contributed by atoms with Crippen molar-refractivity contribution in [2.24, 2.45) is 0 Å². The van der Waals surface area contributed by atoms with E-state index in [1.54, 1.807) is 0 Å². The van der Waals surface area contributed by atoms with Crippen molar-refractivity contribution in [3.63, 3.8) is 0 Å². The van der Waals surface area contributed by atoms with Crippen LogP contribution in [-0.2, 0) is 0 Å². The van der Waals surface area contributed by atoms with E-state index in [1.807, 2.05) is 0 Å². The molecule has 11 rings (SSSR count). The van der Waals surface area contributed by atoms with Gasteiger partial charge in [-0.3, -0.25) is 0 Å². The van der Waals surface area contributed by atoms with Gasteiger partial charge in [0.2, 0.25) is 0 Å². The summed E-state index contributed by atoms with van der Waals surface area (Å²) in [4.78, 5) is 2.45. The van der Waals surface area contributed by atoms with Crippen LogP contribution < -0.4 is 4.90 Å². The van der Waals surface area contributed by atoms with E-state index in [1.165, 1.54) is 88.3 Å². The molecule has 0 heterocycles. The third-order valence-corrected chi connectivity index (χ3v) is 12.3. The first kappa shape index (κ1) is 37.7. The van der Waals surface area contributed by atoms with Gasteiger partial charge in [0.1, 0.15) is 0 Å². The van der Waals surface area contributed by atoms with Crippen LogP contribution in [0.5, 0.6) is 0 Å². The van der Waals surface area contributed by atoms with Crippen LogP contribution in [0.15, 0.2) is 261 Å². The maximum absolute atomic E-state index is 2.45. The van der Waals surface area contributed by atoms with Crippen LogP contribution in [0, 0.1) is 0 Å². The van der Waals surface area contributed by atoms with E-state index in [0.29, 0.717) is 0 Å². The first-order valence-corrected chi connectivity index (χ1v) is 21.7. The number of benzene rings is 11.